The minimum absolute atomic E-state index is 0.160. The number of anilines is 2. The van der Waals surface area contributed by atoms with Crippen LogP contribution in [0.25, 0.3) is 0 Å². The van der Waals surface area contributed by atoms with Crippen LogP contribution in [0, 0.1) is 12.7 Å². The van der Waals surface area contributed by atoms with E-state index in [9.17, 15) is 18.8 Å². The average molecular weight is 323 g/mol. The lowest BCUT2D eigenvalue weighted by Crippen LogP contribution is -2.33. The molecule has 1 saturated heterocycles. The van der Waals surface area contributed by atoms with Crippen molar-refractivity contribution in [3.8, 4) is 0 Å². The third kappa shape index (κ3) is 3.31. The molecule has 23 heavy (non-hydrogen) atoms. The molecular weight excluding hydrogens is 305 g/mol. The molecule has 1 aliphatic heterocycles. The van der Waals surface area contributed by atoms with Gasteiger partial charge in [0.1, 0.15) is 11.9 Å². The van der Waals surface area contributed by atoms with Crippen LogP contribution in [-0.2, 0) is 14.3 Å². The quantitative estimate of drug-likeness (QED) is 0.805. The molecule has 7 nitrogen and oxygen atoms in total. The van der Waals surface area contributed by atoms with Crippen molar-refractivity contribution in [1.29, 1.82) is 0 Å². The van der Waals surface area contributed by atoms with Gasteiger partial charge in [-0.1, -0.05) is 0 Å². The Bertz CT molecular complexity index is 646. The normalized spacial score (nSPS) is 15.6. The zero-order valence-corrected chi connectivity index (χ0v) is 13.1. The molecule has 1 fully saturated rings. The van der Waals surface area contributed by atoms with Crippen molar-refractivity contribution in [2.45, 2.75) is 26.9 Å². The molecule has 4 amide bonds. The summed E-state index contributed by atoms with van der Waals surface area (Å²) in [5.74, 6) is -1.67. The molecule has 0 bridgehead atoms. The first-order valence-corrected chi connectivity index (χ1v) is 7.19. The predicted octanol–water partition coefficient (Wildman–Crippen LogP) is 1.55. The number of carbonyl (C=O) groups excluding carboxylic acids is 3. The van der Waals surface area contributed by atoms with Gasteiger partial charge in [-0.25, -0.2) is 14.1 Å². The number of halogens is 1. The van der Waals surface area contributed by atoms with Crippen molar-refractivity contribution in [2.75, 3.05) is 23.4 Å². The number of ether oxygens (including phenoxy) is 1. The SMILES string of the molecule is CCO[C@@H](C)C(=O)Nc1ccc(F)c(N2C(=O)CNC2=O)c1C. The molecule has 2 rings (SSSR count). The van der Waals surface area contributed by atoms with E-state index >= 15 is 0 Å². The van der Waals surface area contributed by atoms with Crippen molar-refractivity contribution in [3.63, 3.8) is 0 Å². The Labute approximate surface area is 132 Å². The summed E-state index contributed by atoms with van der Waals surface area (Å²) in [5.41, 5.74) is 0.435. The monoisotopic (exact) mass is 323 g/mol. The molecule has 2 N–H and O–H groups in total. The number of imide groups is 1. The highest BCUT2D eigenvalue weighted by atomic mass is 19.1. The van der Waals surface area contributed by atoms with Gasteiger partial charge in [0.2, 0.25) is 0 Å². The lowest BCUT2D eigenvalue weighted by molar-refractivity contribution is -0.126. The molecule has 0 spiro atoms. The lowest BCUT2D eigenvalue weighted by Gasteiger charge is -2.20. The third-order valence-corrected chi connectivity index (χ3v) is 3.49. The summed E-state index contributed by atoms with van der Waals surface area (Å²) in [6.07, 6.45) is -0.676. The van der Waals surface area contributed by atoms with Crippen LogP contribution in [0.5, 0.6) is 0 Å². The Hall–Kier alpha value is -2.48. The number of hydrogen-bond donors (Lipinski definition) is 2. The molecule has 1 heterocycles. The largest absolute Gasteiger partial charge is 0.369 e. The molecule has 8 heteroatoms. The molecule has 124 valence electrons. The Kier molecular flexibility index (Phi) is 4.95. The summed E-state index contributed by atoms with van der Waals surface area (Å²) in [7, 11) is 0. The van der Waals surface area contributed by atoms with Crippen molar-refractivity contribution in [3.05, 3.63) is 23.5 Å². The Morgan fingerprint density at radius 2 is 2.17 bits per heavy atom. The van der Waals surface area contributed by atoms with E-state index < -0.39 is 29.8 Å². The van der Waals surface area contributed by atoms with Crippen molar-refractivity contribution < 1.29 is 23.5 Å². The Balaban J connectivity index is 2.34. The average Bonchev–Trinajstić information content (AvgIpc) is 2.82. The summed E-state index contributed by atoms with van der Waals surface area (Å²) in [6, 6.07) is 1.79. The van der Waals surface area contributed by atoms with Crippen LogP contribution in [0.2, 0.25) is 0 Å². The zero-order chi connectivity index (χ0) is 17.1. The van der Waals surface area contributed by atoms with Crippen LogP contribution in [0.1, 0.15) is 19.4 Å². The third-order valence-electron chi connectivity index (χ3n) is 3.49. The number of nitrogens with one attached hydrogen (secondary N) is 2. The first kappa shape index (κ1) is 16.9. The van der Waals surface area contributed by atoms with Gasteiger partial charge in [-0.15, -0.1) is 0 Å². The van der Waals surface area contributed by atoms with E-state index in [1.165, 1.54) is 13.0 Å². The van der Waals surface area contributed by atoms with E-state index in [1.807, 2.05) is 0 Å². The smallest absolute Gasteiger partial charge is 0.329 e. The molecule has 1 atom stereocenters. The predicted molar refractivity (Wildman–Crippen MR) is 81.7 cm³/mol. The van der Waals surface area contributed by atoms with E-state index in [-0.39, 0.29) is 17.8 Å². The number of rotatable bonds is 5. The zero-order valence-electron chi connectivity index (χ0n) is 13.1. The van der Waals surface area contributed by atoms with Crippen molar-refractivity contribution in [1.82, 2.24) is 5.32 Å². The van der Waals surface area contributed by atoms with Gasteiger partial charge in [0.05, 0.1) is 12.2 Å². The Morgan fingerprint density at radius 1 is 1.48 bits per heavy atom. The van der Waals surface area contributed by atoms with Crippen LogP contribution in [-0.4, -0.2) is 37.1 Å². The van der Waals surface area contributed by atoms with E-state index in [1.54, 1.807) is 13.8 Å². The first-order chi connectivity index (χ1) is 10.9. The van der Waals surface area contributed by atoms with Crippen LogP contribution < -0.4 is 15.5 Å². The summed E-state index contributed by atoms with van der Waals surface area (Å²) in [4.78, 5) is 36.3. The second-order valence-corrected chi connectivity index (χ2v) is 5.04. The molecule has 0 radical (unpaired) electrons. The van der Waals surface area contributed by atoms with Gasteiger partial charge < -0.3 is 15.4 Å². The van der Waals surface area contributed by atoms with Crippen LogP contribution >= 0.6 is 0 Å². The number of urea groups is 1. The van der Waals surface area contributed by atoms with Crippen LogP contribution in [0.3, 0.4) is 0 Å². The molecule has 1 aliphatic rings. The van der Waals surface area contributed by atoms with Gasteiger partial charge in [0, 0.05) is 12.3 Å². The lowest BCUT2D eigenvalue weighted by atomic mass is 10.1. The Morgan fingerprint density at radius 3 is 2.74 bits per heavy atom. The maximum atomic E-state index is 14.1. The molecule has 0 saturated carbocycles. The van der Waals surface area contributed by atoms with Gasteiger partial charge in [-0.05, 0) is 38.5 Å². The van der Waals surface area contributed by atoms with E-state index in [0.717, 1.165) is 11.0 Å². The van der Waals surface area contributed by atoms with Crippen LogP contribution in [0.15, 0.2) is 12.1 Å². The minimum Gasteiger partial charge on any atom is -0.369 e. The maximum Gasteiger partial charge on any atom is 0.329 e. The number of carbonyl (C=O) groups is 3. The molecule has 0 aromatic heterocycles. The van der Waals surface area contributed by atoms with Crippen LogP contribution in [0.4, 0.5) is 20.6 Å². The summed E-state index contributed by atoms with van der Waals surface area (Å²) in [5, 5.41) is 4.95. The summed E-state index contributed by atoms with van der Waals surface area (Å²) < 4.78 is 19.3. The molecule has 0 aliphatic carbocycles. The highest BCUT2D eigenvalue weighted by Gasteiger charge is 2.34. The number of hydrogen-bond acceptors (Lipinski definition) is 4. The minimum atomic E-state index is -0.719. The van der Waals surface area contributed by atoms with Gasteiger partial charge in [-0.3, -0.25) is 9.59 Å². The second-order valence-electron chi connectivity index (χ2n) is 5.04. The van der Waals surface area contributed by atoms with Gasteiger partial charge in [-0.2, -0.15) is 0 Å². The fraction of sp³-hybridized carbons (Fsp3) is 0.400. The second kappa shape index (κ2) is 6.74. The van der Waals surface area contributed by atoms with Crippen molar-refractivity contribution >= 4 is 29.2 Å². The van der Waals surface area contributed by atoms with E-state index in [4.69, 9.17) is 4.74 Å². The molecule has 1 aromatic rings. The number of amides is 4. The molecular formula is C15H18FN3O4. The molecule has 0 unspecified atom stereocenters. The standard InChI is InChI=1S/C15H18FN3O4/c1-4-23-9(3)14(21)18-11-6-5-10(16)13(8(11)2)19-12(20)7-17-15(19)22/h5-6,9H,4,7H2,1-3H3,(H,17,22)(H,18,21)/t9-/m0/s1. The van der Waals surface area contributed by atoms with Gasteiger partial charge in [0.15, 0.2) is 0 Å². The fourth-order valence-corrected chi connectivity index (χ4v) is 2.29. The fourth-order valence-electron chi connectivity index (χ4n) is 2.29. The van der Waals surface area contributed by atoms with Gasteiger partial charge >= 0.3 is 6.03 Å². The highest BCUT2D eigenvalue weighted by Crippen LogP contribution is 2.31. The summed E-state index contributed by atoms with van der Waals surface area (Å²) in [6.45, 7) is 5.08. The number of benzene rings is 1. The van der Waals surface area contributed by atoms with Crippen molar-refractivity contribution in [2.24, 2.45) is 0 Å². The van der Waals surface area contributed by atoms with E-state index in [0.29, 0.717) is 12.3 Å². The topological polar surface area (TPSA) is 87.7 Å². The molecule has 1 aromatic carbocycles. The van der Waals surface area contributed by atoms with E-state index in [2.05, 4.69) is 10.6 Å². The highest BCUT2D eigenvalue weighted by molar-refractivity contribution is 6.20. The summed E-state index contributed by atoms with van der Waals surface area (Å²) >= 11 is 0. The number of nitrogens with zero attached hydrogens (tertiary/aromatic N) is 1. The first-order valence-electron chi connectivity index (χ1n) is 7.19. The maximum absolute atomic E-state index is 14.1. The van der Waals surface area contributed by atoms with Gasteiger partial charge in [0.25, 0.3) is 11.8 Å².